The first-order valence-electron chi connectivity index (χ1n) is 8.84. The molecule has 0 radical (unpaired) electrons. The van der Waals surface area contributed by atoms with E-state index in [1.807, 2.05) is 37.3 Å². The first-order valence-corrected chi connectivity index (χ1v) is 8.84. The minimum atomic E-state index is 0. The summed E-state index contributed by atoms with van der Waals surface area (Å²) in [6.45, 7) is 8.84. The fraction of sp³-hybridized carbons (Fsp3) is 0.400. The number of hydrogen-bond donors (Lipinski definition) is 2. The average molecular weight is 484 g/mol. The normalized spacial score (nSPS) is 10.9. The van der Waals surface area contributed by atoms with Gasteiger partial charge in [-0.2, -0.15) is 0 Å². The maximum absolute atomic E-state index is 5.88. The average Bonchev–Trinajstić information content (AvgIpc) is 2.64. The van der Waals surface area contributed by atoms with Crippen molar-refractivity contribution in [2.45, 2.75) is 27.3 Å². The van der Waals surface area contributed by atoms with Gasteiger partial charge in [0.25, 0.3) is 0 Å². The van der Waals surface area contributed by atoms with Gasteiger partial charge in [-0.1, -0.05) is 6.07 Å². The molecule has 0 aliphatic rings. The Bertz CT molecular complexity index is 738. The molecule has 6 nitrogen and oxygen atoms in total. The van der Waals surface area contributed by atoms with Crippen LogP contribution in [-0.4, -0.2) is 37.7 Å². The van der Waals surface area contributed by atoms with Gasteiger partial charge in [-0.3, -0.25) is 4.99 Å². The van der Waals surface area contributed by atoms with Gasteiger partial charge in [-0.05, 0) is 55.7 Å². The number of aryl methyl sites for hydroxylation is 2. The standard InChI is InChI=1S/C20H28N4O2.HI/c1-5-25-11-10-23-20(21-4)24-14-17-8-9-22-19(13-17)26-18-7-6-15(2)16(3)12-18;/h6-9,12-13H,5,10-11,14H2,1-4H3,(H2,21,23,24);1H. The number of hydrogen-bond acceptors (Lipinski definition) is 4. The van der Waals surface area contributed by atoms with E-state index in [9.17, 15) is 0 Å². The van der Waals surface area contributed by atoms with Crippen LogP contribution >= 0.6 is 24.0 Å². The van der Waals surface area contributed by atoms with Crippen LogP contribution in [0.25, 0.3) is 0 Å². The van der Waals surface area contributed by atoms with E-state index in [0.717, 1.165) is 17.3 Å². The number of guanidine groups is 1. The van der Waals surface area contributed by atoms with Crippen LogP contribution in [0.1, 0.15) is 23.6 Å². The third-order valence-corrected chi connectivity index (χ3v) is 3.93. The highest BCUT2D eigenvalue weighted by atomic mass is 127. The van der Waals surface area contributed by atoms with Crippen LogP contribution in [0.15, 0.2) is 41.5 Å². The molecular formula is C20H29IN4O2. The molecule has 0 bridgehead atoms. The van der Waals surface area contributed by atoms with Gasteiger partial charge in [0.05, 0.1) is 6.61 Å². The number of pyridine rings is 1. The Kier molecular flexibility index (Phi) is 10.7. The van der Waals surface area contributed by atoms with E-state index in [4.69, 9.17) is 9.47 Å². The van der Waals surface area contributed by atoms with Crippen LogP contribution in [0, 0.1) is 13.8 Å². The summed E-state index contributed by atoms with van der Waals surface area (Å²) in [6.07, 6.45) is 1.75. The number of nitrogens with zero attached hydrogens (tertiary/aromatic N) is 2. The molecule has 2 N–H and O–H groups in total. The molecule has 2 rings (SSSR count). The molecule has 2 aromatic rings. The minimum Gasteiger partial charge on any atom is -0.439 e. The second-order valence-corrected chi connectivity index (χ2v) is 5.90. The molecule has 1 aromatic heterocycles. The van der Waals surface area contributed by atoms with Crippen LogP contribution in [0.3, 0.4) is 0 Å². The lowest BCUT2D eigenvalue weighted by molar-refractivity contribution is 0.152. The lowest BCUT2D eigenvalue weighted by Gasteiger charge is -2.12. The topological polar surface area (TPSA) is 67.8 Å². The van der Waals surface area contributed by atoms with Crippen molar-refractivity contribution in [2.75, 3.05) is 26.8 Å². The molecule has 148 valence electrons. The molecule has 0 atom stereocenters. The predicted molar refractivity (Wildman–Crippen MR) is 120 cm³/mol. The second kappa shape index (κ2) is 12.5. The van der Waals surface area contributed by atoms with Gasteiger partial charge in [0.15, 0.2) is 5.96 Å². The summed E-state index contributed by atoms with van der Waals surface area (Å²) in [5.41, 5.74) is 3.50. The third-order valence-electron chi connectivity index (χ3n) is 3.93. The quantitative estimate of drug-likeness (QED) is 0.258. The number of aromatic nitrogens is 1. The molecule has 1 heterocycles. The first-order chi connectivity index (χ1) is 12.6. The van der Waals surface area contributed by atoms with E-state index in [1.165, 1.54) is 11.1 Å². The first kappa shape index (κ1) is 23.2. The number of aliphatic imine (C=N–C) groups is 1. The molecule has 0 fully saturated rings. The van der Waals surface area contributed by atoms with Crippen LogP contribution in [-0.2, 0) is 11.3 Å². The van der Waals surface area contributed by atoms with E-state index in [1.54, 1.807) is 13.2 Å². The molecule has 0 saturated heterocycles. The Labute approximate surface area is 178 Å². The zero-order valence-electron chi connectivity index (χ0n) is 16.4. The summed E-state index contributed by atoms with van der Waals surface area (Å²) in [4.78, 5) is 8.49. The van der Waals surface area contributed by atoms with E-state index >= 15 is 0 Å². The minimum absolute atomic E-state index is 0. The Balaban J connectivity index is 0.00000364. The van der Waals surface area contributed by atoms with Crippen molar-refractivity contribution < 1.29 is 9.47 Å². The molecule has 0 aliphatic carbocycles. The number of halogens is 1. The summed E-state index contributed by atoms with van der Waals surface area (Å²) < 4.78 is 11.2. The van der Waals surface area contributed by atoms with Crippen molar-refractivity contribution in [1.82, 2.24) is 15.6 Å². The molecule has 0 aliphatic heterocycles. The maximum Gasteiger partial charge on any atom is 0.219 e. The van der Waals surface area contributed by atoms with Crippen molar-refractivity contribution in [3.05, 3.63) is 53.2 Å². The molecular weight excluding hydrogens is 455 g/mol. The largest absolute Gasteiger partial charge is 0.439 e. The number of ether oxygens (including phenoxy) is 2. The van der Waals surface area contributed by atoms with Gasteiger partial charge in [0, 0.05) is 39.0 Å². The molecule has 7 heteroatoms. The van der Waals surface area contributed by atoms with Crippen molar-refractivity contribution in [1.29, 1.82) is 0 Å². The highest BCUT2D eigenvalue weighted by Gasteiger charge is 2.03. The van der Waals surface area contributed by atoms with Gasteiger partial charge in [-0.15, -0.1) is 24.0 Å². The summed E-state index contributed by atoms with van der Waals surface area (Å²) >= 11 is 0. The lowest BCUT2D eigenvalue weighted by atomic mass is 10.1. The number of nitrogens with one attached hydrogen (secondary N) is 2. The highest BCUT2D eigenvalue weighted by Crippen LogP contribution is 2.22. The van der Waals surface area contributed by atoms with E-state index in [0.29, 0.717) is 32.2 Å². The number of benzene rings is 1. The molecule has 1 aromatic carbocycles. The van der Waals surface area contributed by atoms with E-state index < -0.39 is 0 Å². The molecule has 0 unspecified atom stereocenters. The summed E-state index contributed by atoms with van der Waals surface area (Å²) in [7, 11) is 1.75. The lowest BCUT2D eigenvalue weighted by Crippen LogP contribution is -2.38. The Morgan fingerprint density at radius 2 is 1.93 bits per heavy atom. The molecule has 0 spiro atoms. The molecule has 27 heavy (non-hydrogen) atoms. The van der Waals surface area contributed by atoms with Gasteiger partial charge >= 0.3 is 0 Å². The smallest absolute Gasteiger partial charge is 0.219 e. The van der Waals surface area contributed by atoms with Crippen molar-refractivity contribution in [2.24, 2.45) is 4.99 Å². The van der Waals surface area contributed by atoms with Gasteiger partial charge in [-0.25, -0.2) is 4.98 Å². The van der Waals surface area contributed by atoms with Gasteiger partial charge in [0.2, 0.25) is 5.88 Å². The zero-order valence-corrected chi connectivity index (χ0v) is 18.7. The third kappa shape index (κ3) is 8.13. The molecule has 0 amide bonds. The van der Waals surface area contributed by atoms with Gasteiger partial charge < -0.3 is 20.1 Å². The highest BCUT2D eigenvalue weighted by molar-refractivity contribution is 14.0. The van der Waals surface area contributed by atoms with Crippen molar-refractivity contribution in [3.8, 4) is 11.6 Å². The summed E-state index contributed by atoms with van der Waals surface area (Å²) in [5, 5.41) is 6.48. The Morgan fingerprint density at radius 3 is 2.63 bits per heavy atom. The van der Waals surface area contributed by atoms with Gasteiger partial charge in [0.1, 0.15) is 5.75 Å². The van der Waals surface area contributed by atoms with Crippen molar-refractivity contribution >= 4 is 29.9 Å². The Hall–Kier alpha value is -1.87. The summed E-state index contributed by atoms with van der Waals surface area (Å²) in [5.74, 6) is 2.10. The van der Waals surface area contributed by atoms with E-state index in [-0.39, 0.29) is 24.0 Å². The van der Waals surface area contributed by atoms with Crippen LogP contribution in [0.2, 0.25) is 0 Å². The van der Waals surface area contributed by atoms with Crippen LogP contribution in [0.4, 0.5) is 0 Å². The SMILES string of the molecule is CCOCCNC(=NC)NCc1ccnc(Oc2ccc(C)c(C)c2)c1.I. The summed E-state index contributed by atoms with van der Waals surface area (Å²) in [6, 6.07) is 9.91. The monoisotopic (exact) mass is 484 g/mol. The van der Waals surface area contributed by atoms with E-state index in [2.05, 4.69) is 34.5 Å². The fourth-order valence-corrected chi connectivity index (χ4v) is 2.31. The van der Waals surface area contributed by atoms with Crippen molar-refractivity contribution in [3.63, 3.8) is 0 Å². The zero-order chi connectivity index (χ0) is 18.8. The second-order valence-electron chi connectivity index (χ2n) is 5.90. The number of rotatable bonds is 8. The maximum atomic E-state index is 5.88. The molecule has 0 saturated carbocycles. The van der Waals surface area contributed by atoms with Crippen LogP contribution in [0.5, 0.6) is 11.6 Å². The Morgan fingerprint density at radius 1 is 1.11 bits per heavy atom. The van der Waals surface area contributed by atoms with Crippen LogP contribution < -0.4 is 15.4 Å². The predicted octanol–water partition coefficient (Wildman–Crippen LogP) is 3.81. The fourth-order valence-electron chi connectivity index (χ4n) is 2.31.